The van der Waals surface area contributed by atoms with Crippen molar-refractivity contribution in [1.82, 2.24) is 10.9 Å². The maximum Gasteiger partial charge on any atom is 0.266 e. The minimum absolute atomic E-state index is 0.0924. The van der Waals surface area contributed by atoms with Crippen molar-refractivity contribution in [3.63, 3.8) is 0 Å². The zero-order chi connectivity index (χ0) is 23.8. The van der Waals surface area contributed by atoms with Crippen LogP contribution in [0, 0.1) is 5.92 Å². The van der Waals surface area contributed by atoms with Crippen LogP contribution in [-0.4, -0.2) is 48.3 Å². The third-order valence-corrected chi connectivity index (χ3v) is 5.96. The van der Waals surface area contributed by atoms with Crippen molar-refractivity contribution in [2.24, 2.45) is 10.9 Å². The second-order valence-electron chi connectivity index (χ2n) is 8.58. The first-order valence-electron chi connectivity index (χ1n) is 11.2. The van der Waals surface area contributed by atoms with Gasteiger partial charge in [0.2, 0.25) is 5.90 Å². The van der Waals surface area contributed by atoms with Gasteiger partial charge in [-0.3, -0.25) is 10.2 Å². The predicted octanol–water partition coefficient (Wildman–Crippen LogP) is 3.63. The van der Waals surface area contributed by atoms with Crippen molar-refractivity contribution in [1.29, 1.82) is 0 Å². The van der Waals surface area contributed by atoms with Crippen LogP contribution in [-0.2, 0) is 16.0 Å². The normalized spacial score (nSPS) is 19.8. The second-order valence-corrected chi connectivity index (χ2v) is 9.50. The van der Waals surface area contributed by atoms with E-state index in [1.165, 1.54) is 0 Å². The number of hydrogen-bond donors (Lipinski definition) is 3. The topological polar surface area (TPSA) is 92.2 Å². The molecule has 3 N–H and O–H groups in total. The first-order chi connectivity index (χ1) is 15.8. The summed E-state index contributed by atoms with van der Waals surface area (Å²) in [6.45, 7) is 7.23. The molecular weight excluding hydrogens is 486 g/mol. The van der Waals surface area contributed by atoms with Crippen LogP contribution in [0.2, 0.25) is 0 Å². The Balaban J connectivity index is 1.86. The summed E-state index contributed by atoms with van der Waals surface area (Å²) >= 11 is 3.46. The molecule has 33 heavy (non-hydrogen) atoms. The van der Waals surface area contributed by atoms with Gasteiger partial charge in [0.1, 0.15) is 11.9 Å². The van der Waals surface area contributed by atoms with E-state index in [9.17, 15) is 4.79 Å². The second kappa shape index (κ2) is 11.6. The van der Waals surface area contributed by atoms with E-state index in [2.05, 4.69) is 40.6 Å². The molecule has 2 aromatic rings. The molecule has 1 aliphatic rings. The molecule has 0 saturated heterocycles. The molecule has 1 amide bonds. The SMILES string of the molecule is CC(C)CNNC(=O)[C@@]1(Cc2ccc(Br)cc2)N=C(c2ccc(OCCCO)cc2)O[C@H]1C. The van der Waals surface area contributed by atoms with Crippen LogP contribution in [0.25, 0.3) is 0 Å². The Labute approximate surface area is 203 Å². The van der Waals surface area contributed by atoms with Gasteiger partial charge in [-0.25, -0.2) is 10.4 Å². The van der Waals surface area contributed by atoms with Gasteiger partial charge in [0, 0.05) is 36.0 Å². The number of benzene rings is 2. The molecule has 8 heteroatoms. The van der Waals surface area contributed by atoms with Crippen molar-refractivity contribution in [3.05, 3.63) is 64.1 Å². The van der Waals surface area contributed by atoms with Crippen molar-refractivity contribution >= 4 is 27.7 Å². The van der Waals surface area contributed by atoms with Gasteiger partial charge in [-0.15, -0.1) is 0 Å². The van der Waals surface area contributed by atoms with Crippen LogP contribution in [0.4, 0.5) is 0 Å². The van der Waals surface area contributed by atoms with Crippen LogP contribution in [0.5, 0.6) is 5.75 Å². The Morgan fingerprint density at radius 2 is 1.91 bits per heavy atom. The molecule has 0 aliphatic carbocycles. The van der Waals surface area contributed by atoms with Crippen LogP contribution in [0.1, 0.15) is 38.3 Å². The first-order valence-corrected chi connectivity index (χ1v) is 12.0. The lowest BCUT2D eigenvalue weighted by Crippen LogP contribution is -2.56. The Kier molecular flexibility index (Phi) is 8.88. The molecule has 3 rings (SSSR count). The fourth-order valence-corrected chi connectivity index (χ4v) is 3.76. The van der Waals surface area contributed by atoms with Crippen LogP contribution in [0.3, 0.4) is 0 Å². The number of aliphatic hydroxyl groups excluding tert-OH is 1. The van der Waals surface area contributed by atoms with E-state index >= 15 is 0 Å². The van der Waals surface area contributed by atoms with Crippen LogP contribution < -0.4 is 15.6 Å². The standard InChI is InChI=1S/C25H32BrN3O4/c1-17(2)16-27-29-24(31)25(15-19-5-9-21(26)10-6-19)18(3)33-23(28-25)20-7-11-22(12-8-20)32-14-4-13-30/h5-12,17-18,27,30H,4,13-16H2,1-3H3,(H,29,31)/t18-,25-/m0/s1. The summed E-state index contributed by atoms with van der Waals surface area (Å²) in [5, 5.41) is 8.90. The Morgan fingerprint density at radius 3 is 2.55 bits per heavy atom. The summed E-state index contributed by atoms with van der Waals surface area (Å²) in [5.74, 6) is 1.30. The van der Waals surface area contributed by atoms with Gasteiger partial charge in [-0.05, 0) is 54.8 Å². The molecule has 0 aromatic heterocycles. The summed E-state index contributed by atoms with van der Waals surface area (Å²) in [4.78, 5) is 18.2. The average Bonchev–Trinajstić information content (AvgIpc) is 3.13. The molecule has 1 aliphatic heterocycles. The first kappa shape index (κ1) is 25.2. The van der Waals surface area contributed by atoms with Gasteiger partial charge in [0.25, 0.3) is 5.91 Å². The van der Waals surface area contributed by atoms with Gasteiger partial charge in [0.05, 0.1) is 6.61 Å². The number of carbonyl (C=O) groups excluding carboxylic acids is 1. The van der Waals surface area contributed by atoms with Gasteiger partial charge in [-0.1, -0.05) is 41.9 Å². The third-order valence-electron chi connectivity index (χ3n) is 5.43. The highest BCUT2D eigenvalue weighted by molar-refractivity contribution is 9.10. The van der Waals surface area contributed by atoms with E-state index < -0.39 is 11.6 Å². The van der Waals surface area contributed by atoms with Crippen molar-refractivity contribution < 1.29 is 19.4 Å². The molecule has 0 radical (unpaired) electrons. The maximum absolute atomic E-state index is 13.4. The highest BCUT2D eigenvalue weighted by Crippen LogP contribution is 2.33. The molecular formula is C25H32BrN3O4. The molecule has 0 bridgehead atoms. The molecule has 2 aromatic carbocycles. The number of hydrogen-bond acceptors (Lipinski definition) is 6. The number of nitrogens with one attached hydrogen (secondary N) is 2. The Bertz CT molecular complexity index is 947. The third kappa shape index (κ3) is 6.56. The molecule has 2 atom stereocenters. The number of hydrazine groups is 1. The largest absolute Gasteiger partial charge is 0.494 e. The minimum atomic E-state index is -1.11. The number of aliphatic imine (C=N–C) groups is 1. The smallest absolute Gasteiger partial charge is 0.266 e. The Hall–Kier alpha value is -2.42. The van der Waals surface area contributed by atoms with Gasteiger partial charge >= 0.3 is 0 Å². The predicted molar refractivity (Wildman–Crippen MR) is 132 cm³/mol. The summed E-state index contributed by atoms with van der Waals surface area (Å²) in [6.07, 6.45) is 0.522. The summed E-state index contributed by atoms with van der Waals surface area (Å²) in [6, 6.07) is 15.3. The molecule has 1 heterocycles. The van der Waals surface area contributed by atoms with Crippen molar-refractivity contribution in [2.75, 3.05) is 19.8 Å². The lowest BCUT2D eigenvalue weighted by Gasteiger charge is -2.28. The number of carbonyl (C=O) groups is 1. The fourth-order valence-electron chi connectivity index (χ4n) is 3.50. The van der Waals surface area contributed by atoms with E-state index in [0.717, 1.165) is 15.6 Å². The molecule has 7 nitrogen and oxygen atoms in total. The van der Waals surface area contributed by atoms with Gasteiger partial charge in [-0.2, -0.15) is 0 Å². The molecule has 0 fully saturated rings. The summed E-state index contributed by atoms with van der Waals surface area (Å²) in [5.41, 5.74) is 6.52. The fraction of sp³-hybridized carbons (Fsp3) is 0.440. The van der Waals surface area contributed by atoms with Crippen molar-refractivity contribution in [3.8, 4) is 5.75 Å². The van der Waals surface area contributed by atoms with E-state index in [4.69, 9.17) is 19.6 Å². The zero-order valence-electron chi connectivity index (χ0n) is 19.3. The molecule has 0 saturated carbocycles. The van der Waals surface area contributed by atoms with Gasteiger partial charge in [0.15, 0.2) is 5.54 Å². The number of ether oxygens (including phenoxy) is 2. The van der Waals surface area contributed by atoms with Crippen molar-refractivity contribution in [2.45, 2.75) is 45.3 Å². The summed E-state index contributed by atoms with van der Waals surface area (Å²) in [7, 11) is 0. The van der Waals surface area contributed by atoms with Gasteiger partial charge < -0.3 is 14.6 Å². The molecule has 178 valence electrons. The number of amides is 1. The lowest BCUT2D eigenvalue weighted by molar-refractivity contribution is -0.129. The van der Waals surface area contributed by atoms with E-state index in [1.54, 1.807) is 0 Å². The highest BCUT2D eigenvalue weighted by Gasteiger charge is 2.50. The van der Waals surface area contributed by atoms with E-state index in [0.29, 0.717) is 43.6 Å². The number of halogens is 1. The quantitative estimate of drug-likeness (QED) is 0.312. The minimum Gasteiger partial charge on any atom is -0.494 e. The highest BCUT2D eigenvalue weighted by atomic mass is 79.9. The average molecular weight is 518 g/mol. The van der Waals surface area contributed by atoms with Crippen LogP contribution in [0.15, 0.2) is 58.0 Å². The Morgan fingerprint density at radius 1 is 1.21 bits per heavy atom. The summed E-state index contributed by atoms with van der Waals surface area (Å²) < 4.78 is 12.7. The molecule has 0 spiro atoms. The zero-order valence-corrected chi connectivity index (χ0v) is 20.9. The van der Waals surface area contributed by atoms with E-state index in [-0.39, 0.29) is 12.5 Å². The van der Waals surface area contributed by atoms with Crippen LogP contribution >= 0.6 is 15.9 Å². The monoisotopic (exact) mass is 517 g/mol. The lowest BCUT2D eigenvalue weighted by atomic mass is 9.86. The number of nitrogens with zero attached hydrogens (tertiary/aromatic N) is 1. The number of rotatable bonds is 11. The maximum atomic E-state index is 13.4. The molecule has 0 unspecified atom stereocenters. The number of aliphatic hydroxyl groups is 1. The van der Waals surface area contributed by atoms with E-state index in [1.807, 2.05) is 55.5 Å².